The Morgan fingerprint density at radius 1 is 1.40 bits per heavy atom. The molecule has 2 fully saturated rings. The number of fused-ring (bicyclic) bond motifs is 1. The Kier molecular flexibility index (Phi) is 1.63. The van der Waals surface area contributed by atoms with Gasteiger partial charge in [0.15, 0.2) is 5.78 Å². The van der Waals surface area contributed by atoms with E-state index in [2.05, 4.69) is 6.58 Å². The van der Waals surface area contributed by atoms with Gasteiger partial charge >= 0.3 is 0 Å². The molecule has 3 atom stereocenters. The molecule has 15 heavy (non-hydrogen) atoms. The minimum absolute atomic E-state index is 0.0169. The predicted octanol–water partition coefficient (Wildman–Crippen LogP) is 2.06. The number of carbonyl (C=O) groups is 2. The summed E-state index contributed by atoms with van der Waals surface area (Å²) in [5.41, 5.74) is 0.746. The quantitative estimate of drug-likeness (QED) is 0.563. The first-order valence-electron chi connectivity index (χ1n) is 5.55. The van der Waals surface area contributed by atoms with Crippen molar-refractivity contribution in [2.24, 2.45) is 17.3 Å². The van der Waals surface area contributed by atoms with Gasteiger partial charge in [0.2, 0.25) is 0 Å². The fourth-order valence-electron chi connectivity index (χ4n) is 3.55. The van der Waals surface area contributed by atoms with Gasteiger partial charge in [0.25, 0.3) is 0 Å². The molecule has 0 aromatic heterocycles. The third kappa shape index (κ3) is 0.996. The molecule has 1 spiro atoms. The van der Waals surface area contributed by atoms with Crippen molar-refractivity contribution < 1.29 is 9.59 Å². The monoisotopic (exact) mass is 202 g/mol. The molecule has 3 aliphatic rings. The minimum Gasteiger partial charge on any atom is -0.299 e. The van der Waals surface area contributed by atoms with Gasteiger partial charge in [-0.1, -0.05) is 18.2 Å². The highest BCUT2D eigenvalue weighted by atomic mass is 16.1. The van der Waals surface area contributed by atoms with Gasteiger partial charge in [-0.05, 0) is 31.3 Å². The van der Waals surface area contributed by atoms with Crippen LogP contribution in [0.4, 0.5) is 0 Å². The SMILES string of the molecule is C=C1C[C@]23C[C@H]1C(=O)CC2CC=CC3=O. The average molecular weight is 202 g/mol. The van der Waals surface area contributed by atoms with Gasteiger partial charge in [0.1, 0.15) is 5.78 Å². The van der Waals surface area contributed by atoms with Gasteiger partial charge in [-0.2, -0.15) is 0 Å². The van der Waals surface area contributed by atoms with Crippen molar-refractivity contribution >= 4 is 11.6 Å². The first-order chi connectivity index (χ1) is 7.13. The molecule has 2 bridgehead atoms. The fourth-order valence-corrected chi connectivity index (χ4v) is 3.55. The maximum absolute atomic E-state index is 12.0. The van der Waals surface area contributed by atoms with Crippen molar-refractivity contribution in [3.05, 3.63) is 24.3 Å². The lowest BCUT2D eigenvalue weighted by atomic mass is 9.61. The molecule has 2 nitrogen and oxygen atoms in total. The summed E-state index contributed by atoms with van der Waals surface area (Å²) in [5, 5.41) is 0. The van der Waals surface area contributed by atoms with E-state index in [0.717, 1.165) is 24.8 Å². The predicted molar refractivity (Wildman–Crippen MR) is 56.2 cm³/mol. The molecule has 0 aromatic carbocycles. The molecule has 0 radical (unpaired) electrons. The molecular formula is C13H14O2. The second-order valence-electron chi connectivity index (χ2n) is 5.12. The number of hydrogen-bond donors (Lipinski definition) is 0. The summed E-state index contributed by atoms with van der Waals surface area (Å²) in [6.45, 7) is 3.97. The number of rotatable bonds is 0. The molecule has 2 heteroatoms. The lowest BCUT2D eigenvalue weighted by Gasteiger charge is -2.39. The number of Topliss-reactive ketones (excluding diaryl/α,β-unsaturated/α-hetero) is 1. The van der Waals surface area contributed by atoms with E-state index >= 15 is 0 Å². The van der Waals surface area contributed by atoms with E-state index in [1.807, 2.05) is 6.08 Å². The molecule has 2 saturated carbocycles. The van der Waals surface area contributed by atoms with Crippen LogP contribution in [0, 0.1) is 17.3 Å². The number of hydrogen-bond acceptors (Lipinski definition) is 2. The lowest BCUT2D eigenvalue weighted by molar-refractivity contribution is -0.134. The first kappa shape index (κ1) is 9.08. The zero-order chi connectivity index (χ0) is 10.6. The largest absolute Gasteiger partial charge is 0.299 e. The van der Waals surface area contributed by atoms with Gasteiger partial charge in [-0.15, -0.1) is 0 Å². The zero-order valence-electron chi connectivity index (χ0n) is 8.66. The second kappa shape index (κ2) is 2.69. The summed E-state index contributed by atoms with van der Waals surface area (Å²) >= 11 is 0. The van der Waals surface area contributed by atoms with Crippen LogP contribution in [-0.4, -0.2) is 11.6 Å². The van der Waals surface area contributed by atoms with Crippen LogP contribution in [0.15, 0.2) is 24.3 Å². The standard InChI is InChI=1S/C13H14O2/c1-8-6-13-7-10(8)11(14)5-9(13)3-2-4-12(13)15/h2,4,9-10H,1,3,5-7H2/t9?,10-,13+/m1/s1. The Balaban J connectivity index is 2.10. The van der Waals surface area contributed by atoms with Crippen LogP contribution in [0.3, 0.4) is 0 Å². The molecular weight excluding hydrogens is 188 g/mol. The summed E-state index contributed by atoms with van der Waals surface area (Å²) in [6, 6.07) is 0. The van der Waals surface area contributed by atoms with Crippen molar-refractivity contribution in [3.8, 4) is 0 Å². The molecule has 0 saturated heterocycles. The molecule has 78 valence electrons. The highest BCUT2D eigenvalue weighted by molar-refractivity contribution is 6.00. The van der Waals surface area contributed by atoms with E-state index in [9.17, 15) is 9.59 Å². The van der Waals surface area contributed by atoms with Gasteiger partial charge in [-0.25, -0.2) is 0 Å². The average Bonchev–Trinajstić information content (AvgIpc) is 2.49. The summed E-state index contributed by atoms with van der Waals surface area (Å²) in [7, 11) is 0. The third-order valence-electron chi connectivity index (χ3n) is 4.40. The Labute approximate surface area is 89.0 Å². The van der Waals surface area contributed by atoms with Crippen molar-refractivity contribution in [2.45, 2.75) is 25.7 Å². The Morgan fingerprint density at radius 3 is 3.00 bits per heavy atom. The van der Waals surface area contributed by atoms with Crippen molar-refractivity contribution in [2.75, 3.05) is 0 Å². The maximum Gasteiger partial charge on any atom is 0.162 e. The van der Waals surface area contributed by atoms with Gasteiger partial charge in [0, 0.05) is 17.8 Å². The summed E-state index contributed by atoms with van der Waals surface area (Å²) in [6.07, 6.45) is 6.59. The molecule has 0 heterocycles. The third-order valence-corrected chi connectivity index (χ3v) is 4.40. The zero-order valence-corrected chi connectivity index (χ0v) is 8.66. The molecule has 3 aliphatic carbocycles. The molecule has 0 N–H and O–H groups in total. The number of ketones is 2. The summed E-state index contributed by atoms with van der Waals surface area (Å²) in [5.74, 6) is 0.769. The van der Waals surface area contributed by atoms with Crippen LogP contribution >= 0.6 is 0 Å². The van der Waals surface area contributed by atoms with Crippen molar-refractivity contribution in [1.29, 1.82) is 0 Å². The normalized spacial score (nSPS) is 43.3. The summed E-state index contributed by atoms with van der Waals surface area (Å²) in [4.78, 5) is 23.8. The topological polar surface area (TPSA) is 34.1 Å². The maximum atomic E-state index is 12.0. The minimum atomic E-state index is -0.246. The van der Waals surface area contributed by atoms with Gasteiger partial charge in [-0.3, -0.25) is 9.59 Å². The van der Waals surface area contributed by atoms with Crippen LogP contribution in [0.1, 0.15) is 25.7 Å². The van der Waals surface area contributed by atoms with E-state index < -0.39 is 0 Å². The van der Waals surface area contributed by atoms with Crippen LogP contribution in [0.2, 0.25) is 0 Å². The van der Waals surface area contributed by atoms with Gasteiger partial charge < -0.3 is 0 Å². The van der Waals surface area contributed by atoms with Crippen LogP contribution in [-0.2, 0) is 9.59 Å². The molecule has 0 aliphatic heterocycles. The summed E-state index contributed by atoms with van der Waals surface area (Å²) < 4.78 is 0. The Hall–Kier alpha value is -1.18. The van der Waals surface area contributed by atoms with E-state index in [-0.39, 0.29) is 23.0 Å². The lowest BCUT2D eigenvalue weighted by Crippen LogP contribution is -2.42. The highest BCUT2D eigenvalue weighted by Crippen LogP contribution is 2.58. The molecule has 3 rings (SSSR count). The first-order valence-corrected chi connectivity index (χ1v) is 5.55. The smallest absolute Gasteiger partial charge is 0.162 e. The van der Waals surface area contributed by atoms with Crippen LogP contribution in [0.25, 0.3) is 0 Å². The van der Waals surface area contributed by atoms with Gasteiger partial charge in [0.05, 0.1) is 0 Å². The molecule has 0 aromatic rings. The van der Waals surface area contributed by atoms with Crippen molar-refractivity contribution in [1.82, 2.24) is 0 Å². The highest BCUT2D eigenvalue weighted by Gasteiger charge is 2.57. The molecule has 1 unspecified atom stereocenters. The Morgan fingerprint density at radius 2 is 2.20 bits per heavy atom. The Bertz CT molecular complexity index is 405. The van der Waals surface area contributed by atoms with E-state index in [0.29, 0.717) is 12.2 Å². The van der Waals surface area contributed by atoms with E-state index in [1.54, 1.807) is 6.08 Å². The second-order valence-corrected chi connectivity index (χ2v) is 5.12. The van der Waals surface area contributed by atoms with Crippen molar-refractivity contribution in [3.63, 3.8) is 0 Å². The fraction of sp³-hybridized carbons (Fsp3) is 0.538. The van der Waals surface area contributed by atoms with Crippen LogP contribution < -0.4 is 0 Å². The molecule has 0 amide bonds. The van der Waals surface area contributed by atoms with E-state index in [1.165, 1.54) is 0 Å². The number of allylic oxidation sites excluding steroid dienone is 3. The van der Waals surface area contributed by atoms with E-state index in [4.69, 9.17) is 0 Å². The number of carbonyl (C=O) groups excluding carboxylic acids is 2. The van der Waals surface area contributed by atoms with Crippen LogP contribution in [0.5, 0.6) is 0 Å².